The van der Waals surface area contributed by atoms with E-state index in [2.05, 4.69) is 0 Å². The highest BCUT2D eigenvalue weighted by Crippen LogP contribution is 2.33. The number of ether oxygens (including phenoxy) is 1. The standard InChI is InChI=1S/C10H9ClO3/c11-8-3-1-2-6-4-7(10(12)13)5-14-9(6)8/h1-3,7H,4-5H2,(H,12,13)/t7-/m1/s1. The predicted molar refractivity (Wildman–Crippen MR) is 51.8 cm³/mol. The first-order chi connectivity index (χ1) is 6.68. The number of halogens is 1. The van der Waals surface area contributed by atoms with E-state index in [9.17, 15) is 4.79 Å². The van der Waals surface area contributed by atoms with Crippen molar-refractivity contribution in [3.8, 4) is 5.75 Å². The minimum atomic E-state index is -0.823. The van der Waals surface area contributed by atoms with Crippen molar-refractivity contribution >= 4 is 17.6 Å². The van der Waals surface area contributed by atoms with Crippen LogP contribution in [0.15, 0.2) is 18.2 Å². The molecule has 0 fully saturated rings. The van der Waals surface area contributed by atoms with Crippen LogP contribution in [0, 0.1) is 5.92 Å². The zero-order valence-corrected chi connectivity index (χ0v) is 8.12. The first-order valence-corrected chi connectivity index (χ1v) is 4.69. The average Bonchev–Trinajstić information content (AvgIpc) is 2.17. The van der Waals surface area contributed by atoms with E-state index in [4.69, 9.17) is 21.4 Å². The maximum absolute atomic E-state index is 10.7. The lowest BCUT2D eigenvalue weighted by molar-refractivity contribution is -0.143. The summed E-state index contributed by atoms with van der Waals surface area (Å²) in [6, 6.07) is 5.38. The molecule has 2 rings (SSSR count). The van der Waals surface area contributed by atoms with E-state index >= 15 is 0 Å². The molecule has 74 valence electrons. The number of hydrogen-bond acceptors (Lipinski definition) is 2. The molecule has 1 aliphatic rings. The summed E-state index contributed by atoms with van der Waals surface area (Å²) in [6.07, 6.45) is 0.491. The van der Waals surface area contributed by atoms with Gasteiger partial charge in [0.15, 0.2) is 0 Å². The van der Waals surface area contributed by atoms with Crippen molar-refractivity contribution in [3.63, 3.8) is 0 Å². The summed E-state index contributed by atoms with van der Waals surface area (Å²) < 4.78 is 5.32. The summed E-state index contributed by atoms with van der Waals surface area (Å²) in [5.74, 6) is -0.650. The lowest BCUT2D eigenvalue weighted by Crippen LogP contribution is -2.27. The molecule has 14 heavy (non-hydrogen) atoms. The van der Waals surface area contributed by atoms with E-state index in [1.165, 1.54) is 0 Å². The minimum absolute atomic E-state index is 0.200. The van der Waals surface area contributed by atoms with Gasteiger partial charge < -0.3 is 9.84 Å². The topological polar surface area (TPSA) is 46.5 Å². The van der Waals surface area contributed by atoms with Crippen molar-refractivity contribution in [2.45, 2.75) is 6.42 Å². The van der Waals surface area contributed by atoms with Crippen LogP contribution in [-0.4, -0.2) is 17.7 Å². The molecule has 0 saturated carbocycles. The quantitative estimate of drug-likeness (QED) is 0.774. The van der Waals surface area contributed by atoms with Gasteiger partial charge in [-0.2, -0.15) is 0 Å². The second-order valence-electron chi connectivity index (χ2n) is 3.28. The summed E-state index contributed by atoms with van der Waals surface area (Å²) in [7, 11) is 0. The maximum Gasteiger partial charge on any atom is 0.310 e. The average molecular weight is 213 g/mol. The van der Waals surface area contributed by atoms with Gasteiger partial charge in [0.25, 0.3) is 0 Å². The summed E-state index contributed by atoms with van der Waals surface area (Å²) in [5, 5.41) is 9.37. The molecular formula is C10H9ClO3. The zero-order valence-electron chi connectivity index (χ0n) is 7.37. The lowest BCUT2D eigenvalue weighted by atomic mass is 9.97. The number of aliphatic carboxylic acids is 1. The third-order valence-electron chi connectivity index (χ3n) is 2.29. The molecule has 0 bridgehead atoms. The number of hydrogen-bond donors (Lipinski definition) is 1. The van der Waals surface area contributed by atoms with Crippen molar-refractivity contribution in [1.29, 1.82) is 0 Å². The molecule has 0 unspecified atom stereocenters. The molecule has 1 heterocycles. The van der Waals surface area contributed by atoms with Gasteiger partial charge in [0.05, 0.1) is 10.9 Å². The molecule has 0 amide bonds. The van der Waals surface area contributed by atoms with E-state index in [1.54, 1.807) is 12.1 Å². The van der Waals surface area contributed by atoms with Crippen LogP contribution < -0.4 is 4.74 Å². The van der Waals surface area contributed by atoms with Crippen LogP contribution in [0.4, 0.5) is 0 Å². The second kappa shape index (κ2) is 3.50. The molecular weight excluding hydrogens is 204 g/mol. The van der Waals surface area contributed by atoms with Crippen LogP contribution in [-0.2, 0) is 11.2 Å². The number of rotatable bonds is 1. The monoisotopic (exact) mass is 212 g/mol. The Bertz CT molecular complexity index is 376. The largest absolute Gasteiger partial charge is 0.491 e. The highest BCUT2D eigenvalue weighted by molar-refractivity contribution is 6.32. The molecule has 1 aromatic carbocycles. The van der Waals surface area contributed by atoms with Crippen molar-refractivity contribution in [1.82, 2.24) is 0 Å². The number of carboxylic acid groups (broad SMARTS) is 1. The minimum Gasteiger partial charge on any atom is -0.491 e. The zero-order chi connectivity index (χ0) is 10.1. The molecule has 0 spiro atoms. The van der Waals surface area contributed by atoms with Gasteiger partial charge in [0, 0.05) is 0 Å². The fourth-order valence-electron chi connectivity index (χ4n) is 1.54. The lowest BCUT2D eigenvalue weighted by Gasteiger charge is -2.23. The molecule has 1 aliphatic heterocycles. The van der Waals surface area contributed by atoms with E-state index in [0.717, 1.165) is 5.56 Å². The molecule has 3 nitrogen and oxygen atoms in total. The maximum atomic E-state index is 10.7. The molecule has 0 aromatic heterocycles. The van der Waals surface area contributed by atoms with Crippen molar-refractivity contribution in [2.24, 2.45) is 5.92 Å². The Hall–Kier alpha value is -1.22. The normalized spacial score (nSPS) is 19.6. The second-order valence-corrected chi connectivity index (χ2v) is 3.69. The van der Waals surface area contributed by atoms with E-state index in [-0.39, 0.29) is 6.61 Å². The number of fused-ring (bicyclic) bond motifs is 1. The summed E-state index contributed by atoms with van der Waals surface area (Å²) in [6.45, 7) is 0.200. The van der Waals surface area contributed by atoms with E-state index in [0.29, 0.717) is 17.2 Å². The molecule has 0 saturated heterocycles. The fourth-order valence-corrected chi connectivity index (χ4v) is 1.79. The van der Waals surface area contributed by atoms with Crippen LogP contribution in [0.3, 0.4) is 0 Å². The Balaban J connectivity index is 2.31. The highest BCUT2D eigenvalue weighted by Gasteiger charge is 2.26. The van der Waals surface area contributed by atoms with Crippen molar-refractivity contribution in [2.75, 3.05) is 6.61 Å². The number of benzene rings is 1. The molecule has 1 aromatic rings. The Morgan fingerprint density at radius 1 is 1.57 bits per heavy atom. The first kappa shape index (κ1) is 9.34. The van der Waals surface area contributed by atoms with Crippen LogP contribution in [0.2, 0.25) is 5.02 Å². The van der Waals surface area contributed by atoms with Crippen LogP contribution >= 0.6 is 11.6 Å². The Morgan fingerprint density at radius 3 is 3.07 bits per heavy atom. The third-order valence-corrected chi connectivity index (χ3v) is 2.59. The summed E-state index contributed by atoms with van der Waals surface area (Å²) >= 11 is 5.90. The van der Waals surface area contributed by atoms with Gasteiger partial charge in [-0.15, -0.1) is 0 Å². The van der Waals surface area contributed by atoms with Crippen LogP contribution in [0.25, 0.3) is 0 Å². The van der Waals surface area contributed by atoms with E-state index < -0.39 is 11.9 Å². The Morgan fingerprint density at radius 2 is 2.36 bits per heavy atom. The van der Waals surface area contributed by atoms with Crippen LogP contribution in [0.5, 0.6) is 5.75 Å². The summed E-state index contributed by atoms with van der Waals surface area (Å²) in [5.41, 5.74) is 0.871. The predicted octanol–water partition coefficient (Wildman–Crippen LogP) is 1.98. The first-order valence-electron chi connectivity index (χ1n) is 4.31. The van der Waals surface area contributed by atoms with Gasteiger partial charge >= 0.3 is 5.97 Å². The van der Waals surface area contributed by atoms with E-state index in [1.807, 2.05) is 6.07 Å². The Labute approximate surface area is 86.3 Å². The highest BCUT2D eigenvalue weighted by atomic mass is 35.5. The summed E-state index contributed by atoms with van der Waals surface area (Å²) in [4.78, 5) is 10.7. The van der Waals surface area contributed by atoms with Gasteiger partial charge in [0.1, 0.15) is 12.4 Å². The fraction of sp³-hybridized carbons (Fsp3) is 0.300. The van der Waals surface area contributed by atoms with Gasteiger partial charge in [-0.05, 0) is 18.1 Å². The van der Waals surface area contributed by atoms with Gasteiger partial charge in [-0.1, -0.05) is 23.7 Å². The van der Waals surface area contributed by atoms with Gasteiger partial charge in [-0.3, -0.25) is 4.79 Å². The third kappa shape index (κ3) is 1.55. The number of para-hydroxylation sites is 1. The van der Waals surface area contributed by atoms with Crippen molar-refractivity contribution in [3.05, 3.63) is 28.8 Å². The van der Waals surface area contributed by atoms with Crippen molar-refractivity contribution < 1.29 is 14.6 Å². The SMILES string of the molecule is O=C(O)[C@H]1COc2c(Cl)cccc2C1. The molecule has 0 radical (unpaired) electrons. The van der Waals surface area contributed by atoms with Gasteiger partial charge in [-0.25, -0.2) is 0 Å². The van der Waals surface area contributed by atoms with Gasteiger partial charge in [0.2, 0.25) is 0 Å². The molecule has 1 N–H and O–H groups in total. The Kier molecular flexibility index (Phi) is 2.33. The number of carboxylic acids is 1. The molecule has 0 aliphatic carbocycles. The number of carbonyl (C=O) groups is 1. The molecule has 4 heteroatoms. The van der Waals surface area contributed by atoms with Crippen LogP contribution in [0.1, 0.15) is 5.56 Å². The smallest absolute Gasteiger partial charge is 0.310 e. The molecule has 1 atom stereocenters.